The van der Waals surface area contributed by atoms with Crippen LogP contribution in [0.2, 0.25) is 0 Å². The summed E-state index contributed by atoms with van der Waals surface area (Å²) in [6, 6.07) is 15.2. The fourth-order valence-corrected chi connectivity index (χ4v) is 3.10. The highest BCUT2D eigenvalue weighted by Gasteiger charge is 2.08. The number of nitrogens with one attached hydrogen (secondary N) is 1. The molecule has 0 atom stereocenters. The Morgan fingerprint density at radius 1 is 1.15 bits per heavy atom. The second-order valence-corrected chi connectivity index (χ2v) is 6.42. The molecule has 0 spiro atoms. The molecule has 0 unspecified atom stereocenters. The van der Waals surface area contributed by atoms with Crippen molar-refractivity contribution >= 4 is 28.5 Å². The third-order valence-electron chi connectivity index (χ3n) is 3.59. The predicted molar refractivity (Wildman–Crippen MR) is 107 cm³/mol. The minimum atomic E-state index is -0.279. The Balaban J connectivity index is 1.65. The first kappa shape index (κ1) is 18.6. The Labute approximate surface area is 161 Å². The summed E-state index contributed by atoms with van der Waals surface area (Å²) in [4.78, 5) is 12.1. The lowest BCUT2D eigenvalue weighted by Crippen LogP contribution is -2.07. The Morgan fingerprint density at radius 2 is 1.96 bits per heavy atom. The monoisotopic (exact) mass is 381 g/mol. The fourth-order valence-electron chi connectivity index (χ4n) is 2.35. The summed E-state index contributed by atoms with van der Waals surface area (Å²) in [7, 11) is 1.58. The first-order chi connectivity index (χ1) is 13.2. The van der Waals surface area contributed by atoms with Gasteiger partial charge in [0.15, 0.2) is 11.5 Å². The van der Waals surface area contributed by atoms with Gasteiger partial charge in [-0.05, 0) is 30.7 Å². The molecular formula is C20H19N3O3S. The summed E-state index contributed by atoms with van der Waals surface area (Å²) in [6.45, 7) is 2.47. The molecule has 6 nitrogen and oxygen atoms in total. The van der Waals surface area contributed by atoms with Gasteiger partial charge in [0, 0.05) is 11.6 Å². The number of nitrogens with zero attached hydrogens (tertiary/aromatic N) is 2. The van der Waals surface area contributed by atoms with Gasteiger partial charge in [0.05, 0.1) is 13.7 Å². The lowest BCUT2D eigenvalue weighted by Gasteiger charge is -2.09. The molecule has 3 rings (SSSR count). The molecule has 0 radical (unpaired) electrons. The van der Waals surface area contributed by atoms with Crippen LogP contribution >= 0.6 is 11.3 Å². The van der Waals surface area contributed by atoms with Crippen LogP contribution in [-0.2, 0) is 4.79 Å². The third-order valence-corrected chi connectivity index (χ3v) is 4.48. The summed E-state index contributed by atoms with van der Waals surface area (Å²) < 4.78 is 10.8. The fraction of sp³-hybridized carbons (Fsp3) is 0.150. The van der Waals surface area contributed by atoms with Crippen LogP contribution in [0.15, 0.2) is 54.6 Å². The molecule has 1 aromatic heterocycles. The van der Waals surface area contributed by atoms with Gasteiger partial charge in [0.25, 0.3) is 0 Å². The van der Waals surface area contributed by atoms with Crippen LogP contribution in [0.3, 0.4) is 0 Å². The van der Waals surface area contributed by atoms with E-state index in [1.54, 1.807) is 13.2 Å². The van der Waals surface area contributed by atoms with Crippen molar-refractivity contribution in [2.24, 2.45) is 0 Å². The van der Waals surface area contributed by atoms with Gasteiger partial charge >= 0.3 is 0 Å². The summed E-state index contributed by atoms with van der Waals surface area (Å²) in [5, 5.41) is 12.1. The van der Waals surface area contributed by atoms with Crippen LogP contribution in [0, 0.1) is 0 Å². The van der Waals surface area contributed by atoms with E-state index >= 15 is 0 Å². The Morgan fingerprint density at radius 3 is 2.70 bits per heavy atom. The van der Waals surface area contributed by atoms with Crippen LogP contribution in [0.5, 0.6) is 11.5 Å². The molecule has 0 bridgehead atoms. The molecule has 3 aromatic rings. The highest BCUT2D eigenvalue weighted by atomic mass is 32.1. The maximum absolute atomic E-state index is 12.1. The molecule has 0 saturated heterocycles. The van der Waals surface area contributed by atoms with Crippen molar-refractivity contribution < 1.29 is 14.3 Å². The van der Waals surface area contributed by atoms with E-state index in [0.29, 0.717) is 23.2 Å². The van der Waals surface area contributed by atoms with E-state index in [0.717, 1.165) is 16.1 Å². The highest BCUT2D eigenvalue weighted by Crippen LogP contribution is 2.29. The van der Waals surface area contributed by atoms with E-state index in [1.807, 2.05) is 55.5 Å². The molecule has 0 saturated carbocycles. The summed E-state index contributed by atoms with van der Waals surface area (Å²) in [5.74, 6) is 1.01. The molecule has 1 amide bonds. The van der Waals surface area contributed by atoms with Crippen molar-refractivity contribution in [3.05, 3.63) is 60.2 Å². The van der Waals surface area contributed by atoms with Gasteiger partial charge in [0.1, 0.15) is 5.01 Å². The number of amides is 1. The average molecular weight is 381 g/mol. The van der Waals surface area contributed by atoms with Crippen LogP contribution in [-0.4, -0.2) is 29.8 Å². The SMILES string of the molecule is CCOc1ccc(/C=C/C(=O)Nc2nnc(-c3ccccc3)s2)cc1OC. The molecule has 138 valence electrons. The summed E-state index contributed by atoms with van der Waals surface area (Å²) >= 11 is 1.32. The highest BCUT2D eigenvalue weighted by molar-refractivity contribution is 7.18. The predicted octanol–water partition coefficient (Wildman–Crippen LogP) is 4.26. The Kier molecular flexibility index (Phi) is 6.17. The summed E-state index contributed by atoms with van der Waals surface area (Å²) in [5.41, 5.74) is 1.79. The van der Waals surface area contributed by atoms with E-state index in [9.17, 15) is 4.79 Å². The molecule has 27 heavy (non-hydrogen) atoms. The normalized spacial score (nSPS) is 10.7. The van der Waals surface area contributed by atoms with Crippen molar-refractivity contribution in [1.29, 1.82) is 0 Å². The van der Waals surface area contributed by atoms with E-state index in [2.05, 4.69) is 15.5 Å². The van der Waals surface area contributed by atoms with Crippen LogP contribution in [0.1, 0.15) is 12.5 Å². The Bertz CT molecular complexity index is 939. The number of carbonyl (C=O) groups excluding carboxylic acids is 1. The minimum absolute atomic E-state index is 0.279. The minimum Gasteiger partial charge on any atom is -0.493 e. The van der Waals surface area contributed by atoms with E-state index in [1.165, 1.54) is 17.4 Å². The van der Waals surface area contributed by atoms with Gasteiger partial charge in [0.2, 0.25) is 11.0 Å². The van der Waals surface area contributed by atoms with Crippen LogP contribution in [0.25, 0.3) is 16.6 Å². The summed E-state index contributed by atoms with van der Waals surface area (Å²) in [6.07, 6.45) is 3.14. The van der Waals surface area contributed by atoms with Gasteiger partial charge in [-0.2, -0.15) is 0 Å². The second-order valence-electron chi connectivity index (χ2n) is 5.44. The smallest absolute Gasteiger partial charge is 0.250 e. The topological polar surface area (TPSA) is 73.3 Å². The second kappa shape index (κ2) is 8.95. The van der Waals surface area contributed by atoms with Gasteiger partial charge in [-0.25, -0.2) is 0 Å². The van der Waals surface area contributed by atoms with Crippen molar-refractivity contribution in [3.8, 4) is 22.1 Å². The maximum atomic E-state index is 12.1. The zero-order valence-electron chi connectivity index (χ0n) is 15.0. The maximum Gasteiger partial charge on any atom is 0.250 e. The zero-order chi connectivity index (χ0) is 19.1. The molecule has 2 aromatic carbocycles. The van der Waals surface area contributed by atoms with Gasteiger partial charge in [-0.1, -0.05) is 47.7 Å². The number of hydrogen-bond acceptors (Lipinski definition) is 6. The van der Waals surface area contributed by atoms with Gasteiger partial charge < -0.3 is 9.47 Å². The van der Waals surface area contributed by atoms with E-state index < -0.39 is 0 Å². The van der Waals surface area contributed by atoms with Gasteiger partial charge in [-0.3, -0.25) is 10.1 Å². The number of benzene rings is 2. The van der Waals surface area contributed by atoms with Crippen LogP contribution in [0.4, 0.5) is 5.13 Å². The van der Waals surface area contributed by atoms with Crippen molar-refractivity contribution in [2.75, 3.05) is 19.0 Å². The van der Waals surface area contributed by atoms with Gasteiger partial charge in [-0.15, -0.1) is 10.2 Å². The molecule has 1 N–H and O–H groups in total. The number of hydrogen-bond donors (Lipinski definition) is 1. The van der Waals surface area contributed by atoms with Crippen LogP contribution < -0.4 is 14.8 Å². The number of rotatable bonds is 7. The van der Waals surface area contributed by atoms with Crippen molar-refractivity contribution in [1.82, 2.24) is 10.2 Å². The number of anilines is 1. The zero-order valence-corrected chi connectivity index (χ0v) is 15.8. The lowest BCUT2D eigenvalue weighted by atomic mass is 10.2. The quantitative estimate of drug-likeness (QED) is 0.619. The molecular weight excluding hydrogens is 362 g/mol. The molecule has 0 aliphatic carbocycles. The molecule has 0 aliphatic heterocycles. The van der Waals surface area contributed by atoms with Crippen molar-refractivity contribution in [2.45, 2.75) is 6.92 Å². The number of aromatic nitrogens is 2. The molecule has 7 heteroatoms. The lowest BCUT2D eigenvalue weighted by molar-refractivity contribution is -0.111. The van der Waals surface area contributed by atoms with E-state index in [4.69, 9.17) is 9.47 Å². The average Bonchev–Trinajstić information content (AvgIpc) is 3.16. The van der Waals surface area contributed by atoms with E-state index in [-0.39, 0.29) is 5.91 Å². The first-order valence-corrected chi connectivity index (χ1v) is 9.20. The van der Waals surface area contributed by atoms with Crippen molar-refractivity contribution in [3.63, 3.8) is 0 Å². The molecule has 1 heterocycles. The third kappa shape index (κ3) is 4.92. The molecule has 0 aliphatic rings. The number of carbonyl (C=O) groups is 1. The largest absolute Gasteiger partial charge is 0.493 e. The standard InChI is InChI=1S/C20H19N3O3S/c1-3-26-16-11-9-14(13-17(16)25-2)10-12-18(24)21-20-23-22-19(27-20)15-7-5-4-6-8-15/h4-13H,3H2,1-2H3,(H,21,23,24)/b12-10+. The first-order valence-electron chi connectivity index (χ1n) is 8.38. The Hall–Kier alpha value is -3.19. The number of ether oxygens (including phenoxy) is 2. The number of methoxy groups -OCH3 is 1. The molecule has 0 fully saturated rings.